The molecule has 20 heavy (non-hydrogen) atoms. The standard InChI is InChI=1S/C15H21NO3S/c1-12-4-3-5-13(10-12)6-7-15(17)16(2)14-8-9-20(18,19)11-14/h3-5,10,14H,6-9,11H2,1-2H3. The van der Waals surface area contributed by atoms with Gasteiger partial charge in [-0.1, -0.05) is 29.8 Å². The quantitative estimate of drug-likeness (QED) is 0.847. The van der Waals surface area contributed by atoms with E-state index in [0.717, 1.165) is 5.56 Å². The highest BCUT2D eigenvalue weighted by Gasteiger charge is 2.32. The van der Waals surface area contributed by atoms with Gasteiger partial charge in [0.1, 0.15) is 0 Å². The molecular weight excluding hydrogens is 274 g/mol. The minimum Gasteiger partial charge on any atom is -0.342 e. The van der Waals surface area contributed by atoms with Crippen LogP contribution < -0.4 is 0 Å². The first kappa shape index (κ1) is 15.0. The zero-order valence-corrected chi connectivity index (χ0v) is 12.8. The van der Waals surface area contributed by atoms with Crippen molar-refractivity contribution in [2.24, 2.45) is 0 Å². The van der Waals surface area contributed by atoms with Crippen LogP contribution in [0.25, 0.3) is 0 Å². The summed E-state index contributed by atoms with van der Waals surface area (Å²) in [5.74, 6) is 0.334. The van der Waals surface area contributed by atoms with Crippen molar-refractivity contribution in [1.29, 1.82) is 0 Å². The van der Waals surface area contributed by atoms with E-state index in [9.17, 15) is 13.2 Å². The Bertz CT molecular complexity index is 595. The fraction of sp³-hybridized carbons (Fsp3) is 0.533. The summed E-state index contributed by atoms with van der Waals surface area (Å²) in [5, 5.41) is 0. The molecule has 1 aromatic rings. The van der Waals surface area contributed by atoms with E-state index >= 15 is 0 Å². The van der Waals surface area contributed by atoms with E-state index in [1.165, 1.54) is 5.56 Å². The SMILES string of the molecule is Cc1cccc(CCC(=O)N(C)C2CCS(=O)(=O)C2)c1. The van der Waals surface area contributed by atoms with E-state index < -0.39 is 9.84 Å². The smallest absolute Gasteiger partial charge is 0.222 e. The average Bonchev–Trinajstić information content (AvgIpc) is 2.75. The molecule has 0 saturated carbocycles. The summed E-state index contributed by atoms with van der Waals surface area (Å²) in [5.41, 5.74) is 2.33. The predicted octanol–water partition coefficient (Wildman–Crippen LogP) is 1.57. The van der Waals surface area contributed by atoms with Crippen molar-refractivity contribution in [3.63, 3.8) is 0 Å². The van der Waals surface area contributed by atoms with Gasteiger partial charge in [-0.3, -0.25) is 4.79 Å². The molecule has 1 aliphatic heterocycles. The van der Waals surface area contributed by atoms with Gasteiger partial charge in [-0.05, 0) is 25.3 Å². The number of aryl methyl sites for hydroxylation is 2. The lowest BCUT2D eigenvalue weighted by atomic mass is 10.1. The van der Waals surface area contributed by atoms with E-state index in [2.05, 4.69) is 6.07 Å². The number of rotatable bonds is 4. The molecule has 0 bridgehead atoms. The van der Waals surface area contributed by atoms with E-state index in [1.807, 2.05) is 25.1 Å². The molecule has 0 spiro atoms. The van der Waals surface area contributed by atoms with Crippen LogP contribution in [-0.4, -0.2) is 43.8 Å². The number of carbonyl (C=O) groups is 1. The molecule has 1 amide bonds. The molecule has 0 radical (unpaired) electrons. The molecule has 0 aromatic heterocycles. The van der Waals surface area contributed by atoms with Crippen molar-refractivity contribution in [3.8, 4) is 0 Å². The summed E-state index contributed by atoms with van der Waals surface area (Å²) >= 11 is 0. The molecule has 1 atom stereocenters. The van der Waals surface area contributed by atoms with E-state index in [4.69, 9.17) is 0 Å². The number of carbonyl (C=O) groups excluding carboxylic acids is 1. The molecule has 1 heterocycles. The molecule has 0 aliphatic carbocycles. The van der Waals surface area contributed by atoms with E-state index in [-0.39, 0.29) is 23.5 Å². The normalized spacial score (nSPS) is 20.8. The van der Waals surface area contributed by atoms with Gasteiger partial charge in [-0.15, -0.1) is 0 Å². The Hall–Kier alpha value is -1.36. The highest BCUT2D eigenvalue weighted by molar-refractivity contribution is 7.91. The second kappa shape index (κ2) is 5.95. The fourth-order valence-electron chi connectivity index (χ4n) is 2.58. The highest BCUT2D eigenvalue weighted by Crippen LogP contribution is 2.17. The molecule has 1 aromatic carbocycles. The van der Waals surface area contributed by atoms with Crippen molar-refractivity contribution in [1.82, 2.24) is 4.90 Å². The van der Waals surface area contributed by atoms with Gasteiger partial charge in [0.2, 0.25) is 5.91 Å². The first-order valence-corrected chi connectivity index (χ1v) is 8.71. The lowest BCUT2D eigenvalue weighted by Crippen LogP contribution is -2.37. The van der Waals surface area contributed by atoms with Crippen molar-refractivity contribution in [2.75, 3.05) is 18.6 Å². The largest absolute Gasteiger partial charge is 0.342 e. The molecule has 4 nitrogen and oxygen atoms in total. The number of hydrogen-bond acceptors (Lipinski definition) is 3. The van der Waals surface area contributed by atoms with Crippen LogP contribution in [-0.2, 0) is 21.1 Å². The number of nitrogens with zero attached hydrogens (tertiary/aromatic N) is 1. The topological polar surface area (TPSA) is 54.5 Å². The maximum Gasteiger partial charge on any atom is 0.222 e. The first-order chi connectivity index (χ1) is 9.37. The van der Waals surface area contributed by atoms with Crippen molar-refractivity contribution in [3.05, 3.63) is 35.4 Å². The van der Waals surface area contributed by atoms with Gasteiger partial charge in [0.05, 0.1) is 11.5 Å². The van der Waals surface area contributed by atoms with Crippen molar-refractivity contribution >= 4 is 15.7 Å². The summed E-state index contributed by atoms with van der Waals surface area (Å²) in [6, 6.07) is 7.96. The van der Waals surface area contributed by atoms with Crippen LogP contribution in [0.1, 0.15) is 24.0 Å². The third-order valence-electron chi connectivity index (χ3n) is 3.86. The lowest BCUT2D eigenvalue weighted by Gasteiger charge is -2.23. The van der Waals surface area contributed by atoms with E-state index in [0.29, 0.717) is 19.3 Å². The Balaban J connectivity index is 1.89. The Kier molecular flexibility index (Phi) is 4.48. The van der Waals surface area contributed by atoms with Crippen LogP contribution >= 0.6 is 0 Å². The van der Waals surface area contributed by atoms with Gasteiger partial charge < -0.3 is 4.90 Å². The Morgan fingerprint density at radius 1 is 1.40 bits per heavy atom. The monoisotopic (exact) mass is 295 g/mol. The van der Waals surface area contributed by atoms with Gasteiger partial charge in [0.15, 0.2) is 9.84 Å². The third-order valence-corrected chi connectivity index (χ3v) is 5.61. The summed E-state index contributed by atoms with van der Waals surface area (Å²) in [4.78, 5) is 13.7. The number of hydrogen-bond donors (Lipinski definition) is 0. The third kappa shape index (κ3) is 3.82. The van der Waals surface area contributed by atoms with Gasteiger partial charge in [0, 0.05) is 19.5 Å². The van der Waals surface area contributed by atoms with Crippen LogP contribution in [0.4, 0.5) is 0 Å². The Morgan fingerprint density at radius 3 is 2.75 bits per heavy atom. The van der Waals surface area contributed by atoms with Crippen LogP contribution in [0.5, 0.6) is 0 Å². The van der Waals surface area contributed by atoms with Crippen LogP contribution in [0, 0.1) is 6.92 Å². The van der Waals surface area contributed by atoms with Gasteiger partial charge in [-0.25, -0.2) is 8.42 Å². The maximum absolute atomic E-state index is 12.1. The zero-order chi connectivity index (χ0) is 14.8. The summed E-state index contributed by atoms with van der Waals surface area (Å²) in [6.45, 7) is 2.03. The number of amides is 1. The van der Waals surface area contributed by atoms with Crippen molar-refractivity contribution < 1.29 is 13.2 Å². The van der Waals surface area contributed by atoms with E-state index in [1.54, 1.807) is 11.9 Å². The van der Waals surface area contributed by atoms with Gasteiger partial charge in [0.25, 0.3) is 0 Å². The molecule has 1 fully saturated rings. The fourth-order valence-corrected chi connectivity index (χ4v) is 4.35. The highest BCUT2D eigenvalue weighted by atomic mass is 32.2. The molecule has 1 unspecified atom stereocenters. The minimum atomic E-state index is -2.94. The number of sulfone groups is 1. The van der Waals surface area contributed by atoms with Crippen LogP contribution in [0.3, 0.4) is 0 Å². The van der Waals surface area contributed by atoms with Gasteiger partial charge >= 0.3 is 0 Å². The Morgan fingerprint density at radius 2 is 2.15 bits per heavy atom. The number of benzene rings is 1. The lowest BCUT2D eigenvalue weighted by molar-refractivity contribution is -0.131. The van der Waals surface area contributed by atoms with Crippen LogP contribution in [0.15, 0.2) is 24.3 Å². The summed E-state index contributed by atoms with van der Waals surface area (Å²) in [7, 11) is -1.23. The summed E-state index contributed by atoms with van der Waals surface area (Å²) < 4.78 is 22.9. The predicted molar refractivity (Wildman–Crippen MR) is 79.3 cm³/mol. The minimum absolute atomic E-state index is 0.0219. The van der Waals surface area contributed by atoms with Crippen molar-refractivity contribution in [2.45, 2.75) is 32.2 Å². The molecule has 0 N–H and O–H groups in total. The molecular formula is C15H21NO3S. The second-order valence-corrected chi connectivity index (χ2v) is 7.78. The molecule has 1 saturated heterocycles. The Labute approximate surface area is 120 Å². The van der Waals surface area contributed by atoms with Gasteiger partial charge in [-0.2, -0.15) is 0 Å². The molecule has 5 heteroatoms. The molecule has 110 valence electrons. The maximum atomic E-state index is 12.1. The molecule has 1 aliphatic rings. The average molecular weight is 295 g/mol. The van der Waals surface area contributed by atoms with Crippen LogP contribution in [0.2, 0.25) is 0 Å². The zero-order valence-electron chi connectivity index (χ0n) is 12.0. The molecule has 2 rings (SSSR count). The second-order valence-electron chi connectivity index (χ2n) is 5.55. The summed E-state index contributed by atoms with van der Waals surface area (Å²) in [6.07, 6.45) is 1.69. The first-order valence-electron chi connectivity index (χ1n) is 6.89.